The molecule has 1 aliphatic carbocycles. The molecule has 0 spiro atoms. The zero-order valence-electron chi connectivity index (χ0n) is 13.3. The molecule has 1 saturated carbocycles. The van der Waals surface area contributed by atoms with Gasteiger partial charge in [-0.2, -0.15) is 11.8 Å². The summed E-state index contributed by atoms with van der Waals surface area (Å²) in [5.41, 5.74) is 0.479. The number of esters is 1. The first kappa shape index (κ1) is 16.9. The number of hydrogen-bond acceptors (Lipinski definition) is 5. The summed E-state index contributed by atoms with van der Waals surface area (Å²) in [4.78, 5) is 37.8. The monoisotopic (exact) mass is 326 g/mol. The van der Waals surface area contributed by atoms with Crippen LogP contribution in [0.4, 0.5) is 4.79 Å². The Balaban J connectivity index is 2.29. The number of carbonyl (C=O) groups excluding carboxylic acids is 3. The van der Waals surface area contributed by atoms with E-state index in [4.69, 9.17) is 4.74 Å². The normalized spacial score (nSPS) is 27.5. The number of fused-ring (bicyclic) bond motifs is 1. The van der Waals surface area contributed by atoms with Crippen molar-refractivity contribution in [1.82, 2.24) is 10.2 Å². The minimum atomic E-state index is -0.395. The molecule has 1 saturated heterocycles. The van der Waals surface area contributed by atoms with Gasteiger partial charge in [-0.05, 0) is 32.9 Å². The number of thioether (sulfide) groups is 1. The molecule has 0 aromatic carbocycles. The third-order valence-electron chi connectivity index (χ3n) is 4.38. The number of likely N-dealkylation sites (tertiary alicyclic amines) is 1. The van der Waals surface area contributed by atoms with Gasteiger partial charge in [0.1, 0.15) is 5.76 Å². The molecule has 3 amide bonds. The van der Waals surface area contributed by atoms with Crippen molar-refractivity contribution in [2.75, 3.05) is 13.3 Å². The van der Waals surface area contributed by atoms with Crippen molar-refractivity contribution in [3.63, 3.8) is 0 Å². The first-order valence-corrected chi connectivity index (χ1v) is 8.71. The van der Waals surface area contributed by atoms with Gasteiger partial charge in [0.25, 0.3) is 5.91 Å². The first-order chi connectivity index (χ1) is 10.4. The van der Waals surface area contributed by atoms with Crippen molar-refractivity contribution in [1.29, 1.82) is 0 Å². The SMILES string of the molecule is CNC(=O)N1C(=O)/C(=C(/C)OC(=O)C(C)SC)C2CCCC21. The maximum absolute atomic E-state index is 12.6. The molecule has 2 aliphatic rings. The van der Waals surface area contributed by atoms with E-state index in [1.807, 2.05) is 6.26 Å². The van der Waals surface area contributed by atoms with E-state index < -0.39 is 6.03 Å². The predicted octanol–water partition coefficient (Wildman–Crippen LogP) is 1.91. The van der Waals surface area contributed by atoms with E-state index in [0.717, 1.165) is 19.3 Å². The van der Waals surface area contributed by atoms with Gasteiger partial charge in [0.05, 0.1) is 10.8 Å². The Morgan fingerprint density at radius 2 is 2.09 bits per heavy atom. The number of hydrogen-bond donors (Lipinski definition) is 1. The average molecular weight is 326 g/mol. The number of nitrogens with one attached hydrogen (secondary N) is 1. The van der Waals surface area contributed by atoms with Gasteiger partial charge >= 0.3 is 12.0 Å². The average Bonchev–Trinajstić information content (AvgIpc) is 3.04. The molecular weight excluding hydrogens is 304 g/mol. The summed E-state index contributed by atoms with van der Waals surface area (Å²) >= 11 is 1.39. The van der Waals surface area contributed by atoms with Crippen LogP contribution in [0.1, 0.15) is 33.1 Å². The van der Waals surface area contributed by atoms with E-state index in [0.29, 0.717) is 11.3 Å². The van der Waals surface area contributed by atoms with Gasteiger partial charge in [0.2, 0.25) is 0 Å². The Kier molecular flexibility index (Phi) is 5.16. The molecule has 122 valence electrons. The molecule has 0 aromatic rings. The lowest BCUT2D eigenvalue weighted by Crippen LogP contribution is -2.44. The number of allylic oxidation sites excluding steroid dienone is 1. The Bertz CT molecular complexity index is 532. The largest absolute Gasteiger partial charge is 0.430 e. The fourth-order valence-corrected chi connectivity index (χ4v) is 3.43. The third kappa shape index (κ3) is 2.86. The maximum Gasteiger partial charge on any atom is 0.324 e. The van der Waals surface area contributed by atoms with Gasteiger partial charge in [-0.25, -0.2) is 4.79 Å². The van der Waals surface area contributed by atoms with Gasteiger partial charge < -0.3 is 10.1 Å². The van der Waals surface area contributed by atoms with Crippen LogP contribution in [0.2, 0.25) is 0 Å². The number of carbonyl (C=O) groups is 3. The van der Waals surface area contributed by atoms with Gasteiger partial charge in [-0.1, -0.05) is 6.42 Å². The standard InChI is InChI=1S/C15H22N2O4S/c1-8(21-14(19)9(2)22-4)12-10-6-5-7-11(10)17(13(12)18)15(20)16-3/h9-11H,5-7H2,1-4H3,(H,16,20)/b12-8-. The molecule has 2 fully saturated rings. The fourth-order valence-electron chi connectivity index (χ4n) is 3.19. The van der Waals surface area contributed by atoms with E-state index in [2.05, 4.69) is 5.32 Å². The minimum absolute atomic E-state index is 0.0258. The molecule has 1 N–H and O–H groups in total. The number of urea groups is 1. The molecule has 1 heterocycles. The van der Waals surface area contributed by atoms with E-state index in [1.165, 1.54) is 23.7 Å². The van der Waals surface area contributed by atoms with Gasteiger partial charge in [0, 0.05) is 19.0 Å². The zero-order chi connectivity index (χ0) is 16.4. The lowest BCUT2D eigenvalue weighted by atomic mass is 9.97. The van der Waals surface area contributed by atoms with Crippen molar-refractivity contribution in [2.45, 2.75) is 44.4 Å². The highest BCUT2D eigenvalue weighted by atomic mass is 32.2. The van der Waals surface area contributed by atoms with E-state index >= 15 is 0 Å². The molecule has 2 rings (SSSR count). The quantitative estimate of drug-likeness (QED) is 0.487. The lowest BCUT2D eigenvalue weighted by Gasteiger charge is -2.20. The number of imide groups is 1. The summed E-state index contributed by atoms with van der Waals surface area (Å²) < 4.78 is 5.37. The molecule has 0 aromatic heterocycles. The van der Waals surface area contributed by atoms with Crippen molar-refractivity contribution < 1.29 is 19.1 Å². The first-order valence-electron chi connectivity index (χ1n) is 7.42. The number of amides is 3. The van der Waals surface area contributed by atoms with Crippen molar-refractivity contribution >= 4 is 29.7 Å². The molecule has 7 heteroatoms. The summed E-state index contributed by atoms with van der Waals surface area (Å²) in [6, 6.07) is -0.511. The maximum atomic E-state index is 12.6. The molecule has 0 bridgehead atoms. The Morgan fingerprint density at radius 1 is 1.41 bits per heavy atom. The van der Waals surface area contributed by atoms with Gasteiger partial charge in [0.15, 0.2) is 0 Å². The minimum Gasteiger partial charge on any atom is -0.430 e. The number of ether oxygens (including phenoxy) is 1. The van der Waals surface area contributed by atoms with Gasteiger partial charge in [-0.3, -0.25) is 14.5 Å². The summed E-state index contributed by atoms with van der Waals surface area (Å²) in [5.74, 6) is -0.393. The fraction of sp³-hybridized carbons (Fsp3) is 0.667. The molecule has 0 radical (unpaired) electrons. The number of rotatable bonds is 3. The highest BCUT2D eigenvalue weighted by Gasteiger charge is 2.50. The van der Waals surface area contributed by atoms with Crippen LogP contribution in [-0.2, 0) is 14.3 Å². The van der Waals surface area contributed by atoms with Crippen LogP contribution >= 0.6 is 11.8 Å². The van der Waals surface area contributed by atoms with Crippen LogP contribution in [0.25, 0.3) is 0 Å². The van der Waals surface area contributed by atoms with E-state index in [-0.39, 0.29) is 29.1 Å². The second-order valence-corrected chi connectivity index (χ2v) is 6.78. The summed E-state index contributed by atoms with van der Waals surface area (Å²) in [7, 11) is 1.51. The molecule has 22 heavy (non-hydrogen) atoms. The van der Waals surface area contributed by atoms with Crippen LogP contribution in [0.3, 0.4) is 0 Å². The second kappa shape index (κ2) is 6.73. The molecule has 3 atom stereocenters. The summed E-state index contributed by atoms with van der Waals surface area (Å²) in [6.07, 6.45) is 4.43. The van der Waals surface area contributed by atoms with Crippen LogP contribution < -0.4 is 5.32 Å². The Morgan fingerprint density at radius 3 is 2.68 bits per heavy atom. The van der Waals surface area contributed by atoms with Gasteiger partial charge in [-0.15, -0.1) is 0 Å². The number of nitrogens with zero attached hydrogens (tertiary/aromatic N) is 1. The predicted molar refractivity (Wildman–Crippen MR) is 84.2 cm³/mol. The molecule has 3 unspecified atom stereocenters. The van der Waals surface area contributed by atoms with Crippen LogP contribution in [0.5, 0.6) is 0 Å². The topological polar surface area (TPSA) is 75.7 Å². The summed E-state index contributed by atoms with van der Waals surface area (Å²) in [5, 5.41) is 2.22. The molecular formula is C15H22N2O4S. The van der Waals surface area contributed by atoms with Crippen molar-refractivity contribution in [3.8, 4) is 0 Å². The van der Waals surface area contributed by atoms with Crippen molar-refractivity contribution in [3.05, 3.63) is 11.3 Å². The third-order valence-corrected chi connectivity index (χ3v) is 5.28. The zero-order valence-corrected chi connectivity index (χ0v) is 14.2. The Hall–Kier alpha value is -1.50. The molecule has 1 aliphatic heterocycles. The van der Waals surface area contributed by atoms with E-state index in [1.54, 1.807) is 13.8 Å². The lowest BCUT2D eigenvalue weighted by molar-refractivity contribution is -0.138. The van der Waals surface area contributed by atoms with Crippen molar-refractivity contribution in [2.24, 2.45) is 5.92 Å². The van der Waals surface area contributed by atoms with Crippen LogP contribution in [0, 0.1) is 5.92 Å². The highest BCUT2D eigenvalue weighted by molar-refractivity contribution is 7.99. The molecule has 6 nitrogen and oxygen atoms in total. The summed E-state index contributed by atoms with van der Waals surface area (Å²) in [6.45, 7) is 3.40. The Labute approximate surface area is 134 Å². The highest BCUT2D eigenvalue weighted by Crippen LogP contribution is 2.43. The smallest absolute Gasteiger partial charge is 0.324 e. The second-order valence-electron chi connectivity index (χ2n) is 5.60. The van der Waals surface area contributed by atoms with Crippen LogP contribution in [-0.4, -0.2) is 47.4 Å². The van der Waals surface area contributed by atoms with Crippen LogP contribution in [0.15, 0.2) is 11.3 Å². The van der Waals surface area contributed by atoms with E-state index in [9.17, 15) is 14.4 Å².